The third-order valence-electron chi connectivity index (χ3n) is 1.84. The molecule has 1 N–H and O–H groups in total. The highest BCUT2D eigenvalue weighted by atomic mass is 16.1. The van der Waals surface area contributed by atoms with Crippen molar-refractivity contribution in [2.24, 2.45) is 5.92 Å². The third kappa shape index (κ3) is 1.78. The summed E-state index contributed by atoms with van der Waals surface area (Å²) < 4.78 is 1.67. The molecule has 1 rings (SSSR count). The molecule has 0 amide bonds. The summed E-state index contributed by atoms with van der Waals surface area (Å²) in [6, 6.07) is 0. The maximum atomic E-state index is 11.5. The summed E-state index contributed by atoms with van der Waals surface area (Å²) in [6.45, 7) is 6.96. The lowest BCUT2D eigenvalue weighted by molar-refractivity contribution is 0.472. The Balaban J connectivity index is 2.88. The molecular formula is C9H16N2O. The van der Waals surface area contributed by atoms with E-state index >= 15 is 0 Å². The molecule has 0 aromatic carbocycles. The van der Waals surface area contributed by atoms with Gasteiger partial charge >= 0.3 is 0 Å². The van der Waals surface area contributed by atoms with Gasteiger partial charge in [-0.2, -0.15) is 0 Å². The lowest BCUT2D eigenvalue weighted by atomic mass is 10.2. The first kappa shape index (κ1) is 9.10. The maximum absolute atomic E-state index is 11.5. The van der Waals surface area contributed by atoms with Crippen molar-refractivity contribution in [2.45, 2.75) is 33.7 Å². The second kappa shape index (κ2) is 3.61. The van der Waals surface area contributed by atoms with Crippen LogP contribution in [0.1, 0.15) is 26.3 Å². The Bertz CT molecular complexity index is 296. The number of hydrogen-bond acceptors (Lipinski definition) is 1. The van der Waals surface area contributed by atoms with Crippen molar-refractivity contribution < 1.29 is 0 Å². The van der Waals surface area contributed by atoms with Gasteiger partial charge in [-0.05, 0) is 12.3 Å². The van der Waals surface area contributed by atoms with E-state index in [0.29, 0.717) is 5.92 Å². The molecule has 1 heterocycles. The number of H-pyrrole nitrogens is 1. The third-order valence-corrected chi connectivity index (χ3v) is 1.84. The van der Waals surface area contributed by atoms with Crippen LogP contribution in [-0.2, 0) is 13.0 Å². The number of nitrogens with zero attached hydrogens (tertiary/aromatic N) is 1. The van der Waals surface area contributed by atoms with Crippen LogP contribution in [0.15, 0.2) is 11.0 Å². The van der Waals surface area contributed by atoms with Crippen molar-refractivity contribution in [1.29, 1.82) is 0 Å². The molecule has 0 spiro atoms. The quantitative estimate of drug-likeness (QED) is 0.727. The average Bonchev–Trinajstić information content (AvgIpc) is 2.32. The van der Waals surface area contributed by atoms with Crippen LogP contribution in [0.5, 0.6) is 0 Å². The molecule has 0 saturated carbocycles. The van der Waals surface area contributed by atoms with Gasteiger partial charge in [0, 0.05) is 18.3 Å². The number of aromatic nitrogens is 2. The van der Waals surface area contributed by atoms with Gasteiger partial charge in [0.05, 0.1) is 0 Å². The molecule has 0 radical (unpaired) electrons. The van der Waals surface area contributed by atoms with Crippen LogP contribution in [0, 0.1) is 5.92 Å². The Kier molecular flexibility index (Phi) is 2.74. The lowest BCUT2D eigenvalue weighted by Gasteiger charge is -2.03. The number of nitrogens with one attached hydrogen (secondary N) is 1. The Morgan fingerprint density at radius 2 is 2.25 bits per heavy atom. The van der Waals surface area contributed by atoms with Crippen LogP contribution in [0.4, 0.5) is 0 Å². The van der Waals surface area contributed by atoms with Crippen molar-refractivity contribution in [3.8, 4) is 0 Å². The highest BCUT2D eigenvalue weighted by Gasteiger charge is 2.04. The van der Waals surface area contributed by atoms with E-state index in [9.17, 15) is 4.79 Å². The Hall–Kier alpha value is -0.990. The normalized spacial score (nSPS) is 11.0. The highest BCUT2D eigenvalue weighted by molar-refractivity contribution is 5.03. The van der Waals surface area contributed by atoms with Crippen LogP contribution < -0.4 is 5.56 Å². The van der Waals surface area contributed by atoms with Crippen molar-refractivity contribution in [3.05, 3.63) is 22.1 Å². The summed E-state index contributed by atoms with van der Waals surface area (Å²) in [6.07, 6.45) is 2.60. The van der Waals surface area contributed by atoms with Gasteiger partial charge < -0.3 is 5.10 Å². The van der Waals surface area contributed by atoms with Gasteiger partial charge in [-0.25, -0.2) is 0 Å². The second-order valence-electron chi connectivity index (χ2n) is 3.46. The summed E-state index contributed by atoms with van der Waals surface area (Å²) in [7, 11) is 0. The molecule has 3 nitrogen and oxygen atoms in total. The van der Waals surface area contributed by atoms with Gasteiger partial charge in [0.15, 0.2) is 0 Å². The van der Waals surface area contributed by atoms with E-state index in [1.54, 1.807) is 10.9 Å². The van der Waals surface area contributed by atoms with Crippen LogP contribution in [0.25, 0.3) is 0 Å². The fourth-order valence-corrected chi connectivity index (χ4v) is 1.20. The Labute approximate surface area is 72.4 Å². The predicted molar refractivity (Wildman–Crippen MR) is 49.3 cm³/mol. The molecule has 0 atom stereocenters. The smallest absolute Gasteiger partial charge is 0.269 e. The first-order valence-corrected chi connectivity index (χ1v) is 4.42. The number of aromatic amines is 1. The number of rotatable bonds is 3. The molecule has 1 aromatic heterocycles. The van der Waals surface area contributed by atoms with Crippen LogP contribution in [-0.4, -0.2) is 9.78 Å². The van der Waals surface area contributed by atoms with Crippen LogP contribution in [0.2, 0.25) is 0 Å². The molecule has 0 saturated heterocycles. The van der Waals surface area contributed by atoms with E-state index in [4.69, 9.17) is 0 Å². The second-order valence-corrected chi connectivity index (χ2v) is 3.46. The monoisotopic (exact) mass is 168 g/mol. The molecule has 0 unspecified atom stereocenters. The van der Waals surface area contributed by atoms with Crippen molar-refractivity contribution >= 4 is 0 Å². The first-order chi connectivity index (χ1) is 5.65. The molecule has 3 heteroatoms. The maximum Gasteiger partial charge on any atom is 0.269 e. The SMILES string of the molecule is CCc1c[nH]n(CC(C)C)c1=O. The zero-order chi connectivity index (χ0) is 9.14. The van der Waals surface area contributed by atoms with E-state index in [-0.39, 0.29) is 5.56 Å². The first-order valence-electron chi connectivity index (χ1n) is 4.42. The van der Waals surface area contributed by atoms with Crippen molar-refractivity contribution in [1.82, 2.24) is 9.78 Å². The molecule has 68 valence electrons. The topological polar surface area (TPSA) is 37.8 Å². The fourth-order valence-electron chi connectivity index (χ4n) is 1.20. The fraction of sp³-hybridized carbons (Fsp3) is 0.667. The molecule has 1 aromatic rings. The zero-order valence-corrected chi connectivity index (χ0v) is 7.92. The molecule has 0 aliphatic heterocycles. The van der Waals surface area contributed by atoms with Gasteiger partial charge in [0.25, 0.3) is 5.56 Å². The molecule has 0 aliphatic carbocycles. The predicted octanol–water partition coefficient (Wildman–Crippen LogP) is 1.39. The van der Waals surface area contributed by atoms with Crippen LogP contribution in [0.3, 0.4) is 0 Å². The Morgan fingerprint density at radius 3 is 2.67 bits per heavy atom. The van der Waals surface area contributed by atoms with E-state index in [1.807, 2.05) is 6.92 Å². The summed E-state index contributed by atoms with van der Waals surface area (Å²) in [5.41, 5.74) is 1.00. The summed E-state index contributed by atoms with van der Waals surface area (Å²) in [5, 5.41) is 2.96. The van der Waals surface area contributed by atoms with E-state index < -0.39 is 0 Å². The minimum Gasteiger partial charge on any atom is -0.303 e. The molecule has 0 bridgehead atoms. The van der Waals surface area contributed by atoms with E-state index in [2.05, 4.69) is 18.9 Å². The summed E-state index contributed by atoms with van der Waals surface area (Å²) in [4.78, 5) is 11.5. The molecule has 12 heavy (non-hydrogen) atoms. The standard InChI is InChI=1S/C9H16N2O/c1-4-8-5-10-11(9(8)12)6-7(2)3/h5,7,10H,4,6H2,1-3H3. The van der Waals surface area contributed by atoms with E-state index in [1.165, 1.54) is 0 Å². The minimum absolute atomic E-state index is 0.131. The zero-order valence-electron chi connectivity index (χ0n) is 7.92. The summed E-state index contributed by atoms with van der Waals surface area (Å²) in [5.74, 6) is 0.506. The van der Waals surface area contributed by atoms with Gasteiger partial charge in [-0.3, -0.25) is 9.48 Å². The largest absolute Gasteiger partial charge is 0.303 e. The highest BCUT2D eigenvalue weighted by Crippen LogP contribution is 1.96. The average molecular weight is 168 g/mol. The lowest BCUT2D eigenvalue weighted by Crippen LogP contribution is -2.21. The van der Waals surface area contributed by atoms with Crippen molar-refractivity contribution in [2.75, 3.05) is 0 Å². The minimum atomic E-state index is 0.131. The number of hydrogen-bond donors (Lipinski definition) is 1. The molecular weight excluding hydrogens is 152 g/mol. The Morgan fingerprint density at radius 1 is 1.58 bits per heavy atom. The molecule has 0 fully saturated rings. The summed E-state index contributed by atoms with van der Waals surface area (Å²) >= 11 is 0. The van der Waals surface area contributed by atoms with Crippen molar-refractivity contribution in [3.63, 3.8) is 0 Å². The number of aryl methyl sites for hydroxylation is 1. The van der Waals surface area contributed by atoms with Crippen LogP contribution >= 0.6 is 0 Å². The van der Waals surface area contributed by atoms with Gasteiger partial charge in [-0.15, -0.1) is 0 Å². The molecule has 0 aliphatic rings. The van der Waals surface area contributed by atoms with Gasteiger partial charge in [-0.1, -0.05) is 20.8 Å². The van der Waals surface area contributed by atoms with E-state index in [0.717, 1.165) is 18.5 Å². The van der Waals surface area contributed by atoms with Gasteiger partial charge in [0.1, 0.15) is 0 Å². The van der Waals surface area contributed by atoms with Gasteiger partial charge in [0.2, 0.25) is 0 Å².